The van der Waals surface area contributed by atoms with E-state index in [1.54, 1.807) is 17.8 Å². The van der Waals surface area contributed by atoms with Gasteiger partial charge in [-0.15, -0.1) is 11.8 Å². The van der Waals surface area contributed by atoms with Crippen molar-refractivity contribution in [3.8, 4) is 5.75 Å². The van der Waals surface area contributed by atoms with Crippen molar-refractivity contribution in [2.75, 3.05) is 18.5 Å². The van der Waals surface area contributed by atoms with Crippen LogP contribution < -0.4 is 20.1 Å². The Kier molecular flexibility index (Phi) is 8.92. The number of hydrogen-bond acceptors (Lipinski definition) is 10. The van der Waals surface area contributed by atoms with Gasteiger partial charge in [-0.3, -0.25) is 28.9 Å². The molecule has 1 saturated heterocycles. The van der Waals surface area contributed by atoms with Crippen LogP contribution in [0, 0.1) is 29.6 Å². The number of imide groups is 1. The van der Waals surface area contributed by atoms with Gasteiger partial charge in [0.1, 0.15) is 5.75 Å². The van der Waals surface area contributed by atoms with Crippen LogP contribution in [0.1, 0.15) is 48.5 Å². The van der Waals surface area contributed by atoms with Gasteiger partial charge in [-0.25, -0.2) is 13.6 Å². The molecular formula is C33H34N4O9S3. The molecule has 2 aromatic carbocycles. The fourth-order valence-corrected chi connectivity index (χ4v) is 11.7. The van der Waals surface area contributed by atoms with Crippen LogP contribution in [0.15, 0.2) is 63.2 Å². The third-order valence-electron chi connectivity index (χ3n) is 10.1. The fourth-order valence-electron chi connectivity index (χ4n) is 8.27. The zero-order valence-corrected chi connectivity index (χ0v) is 28.5. The molecule has 13 nitrogen and oxygen atoms in total. The monoisotopic (exact) mass is 726 g/mol. The van der Waals surface area contributed by atoms with E-state index in [9.17, 15) is 32.4 Å². The van der Waals surface area contributed by atoms with Crippen molar-refractivity contribution in [2.24, 2.45) is 34.7 Å². The van der Waals surface area contributed by atoms with Crippen molar-refractivity contribution in [1.82, 2.24) is 9.88 Å². The van der Waals surface area contributed by atoms with Gasteiger partial charge in [-0.05, 0) is 79.0 Å². The molecule has 5 N–H and O–H groups in total. The van der Waals surface area contributed by atoms with Crippen molar-refractivity contribution in [2.45, 2.75) is 53.2 Å². The molecule has 49 heavy (non-hydrogen) atoms. The molecule has 3 amide bonds. The second kappa shape index (κ2) is 13.0. The minimum absolute atomic E-state index is 0.00122. The molecule has 7 atom stereocenters. The number of aromatic amines is 1. The molecular weight excluding hydrogens is 693 g/mol. The number of anilines is 1. The summed E-state index contributed by atoms with van der Waals surface area (Å²) >= 11 is 2.76. The number of amides is 3. The van der Waals surface area contributed by atoms with Gasteiger partial charge in [0.05, 0.1) is 21.8 Å². The van der Waals surface area contributed by atoms with E-state index < -0.39 is 27.8 Å². The second-order valence-electron chi connectivity index (χ2n) is 13.0. The molecule has 258 valence electrons. The Hall–Kier alpha value is -3.99. The van der Waals surface area contributed by atoms with E-state index in [1.807, 2.05) is 18.2 Å². The van der Waals surface area contributed by atoms with Crippen molar-refractivity contribution in [1.29, 1.82) is 0 Å². The molecule has 4 aliphatic rings. The molecule has 3 heterocycles. The van der Waals surface area contributed by atoms with Gasteiger partial charge in [-0.2, -0.15) is 0 Å². The Morgan fingerprint density at radius 2 is 1.76 bits per heavy atom. The number of carboxylic acid groups (broad SMARTS) is 1. The van der Waals surface area contributed by atoms with Crippen molar-refractivity contribution >= 4 is 62.5 Å². The van der Waals surface area contributed by atoms with Crippen LogP contribution in [0.5, 0.6) is 5.75 Å². The van der Waals surface area contributed by atoms with Crippen LogP contribution in [0.4, 0.5) is 5.69 Å². The van der Waals surface area contributed by atoms with Gasteiger partial charge in [0, 0.05) is 34.7 Å². The van der Waals surface area contributed by atoms with Crippen LogP contribution in [0.2, 0.25) is 0 Å². The first-order chi connectivity index (χ1) is 23.4. The highest BCUT2D eigenvalue weighted by Crippen LogP contribution is 2.68. The molecule has 6 unspecified atom stereocenters. The van der Waals surface area contributed by atoms with Gasteiger partial charge in [0.15, 0.2) is 6.61 Å². The summed E-state index contributed by atoms with van der Waals surface area (Å²) in [6, 6.07) is 12.8. The van der Waals surface area contributed by atoms with Crippen LogP contribution >= 0.6 is 23.1 Å². The normalized spacial score (nSPS) is 26.7. The summed E-state index contributed by atoms with van der Waals surface area (Å²) in [6.45, 7) is -0.0168. The molecule has 2 aliphatic carbocycles. The number of likely N-dealkylation sites (tertiary alicyclic amines) is 1. The average Bonchev–Trinajstić information content (AvgIpc) is 3.79. The SMILES string of the molecule is NS(=O)(=O)c1ccc(NC(=O)COc2cccc([C@H]3c4sc(=O)[nH]c4SC4C5CC(C6C(=O)N(CCCCCC(=O)O)C(=O)C56)C43)c2)cc1. The molecule has 16 heteroatoms. The largest absolute Gasteiger partial charge is 0.484 e. The molecule has 3 fully saturated rings. The lowest BCUT2D eigenvalue weighted by Crippen LogP contribution is -2.42. The van der Waals surface area contributed by atoms with Gasteiger partial charge in [0.2, 0.25) is 21.8 Å². The molecule has 7 rings (SSSR count). The zero-order chi connectivity index (χ0) is 34.6. The van der Waals surface area contributed by atoms with Crippen LogP contribution in [-0.2, 0) is 29.2 Å². The first kappa shape index (κ1) is 33.5. The molecule has 2 bridgehead atoms. The van der Waals surface area contributed by atoms with Gasteiger partial charge in [0.25, 0.3) is 5.91 Å². The molecule has 2 saturated carbocycles. The molecule has 0 radical (unpaired) electrons. The third-order valence-corrected chi connectivity index (χ3v) is 13.7. The van der Waals surface area contributed by atoms with E-state index in [0.717, 1.165) is 33.2 Å². The highest BCUT2D eigenvalue weighted by atomic mass is 32.2. The number of nitrogens with one attached hydrogen (secondary N) is 2. The summed E-state index contributed by atoms with van der Waals surface area (Å²) in [4.78, 5) is 68.6. The van der Waals surface area contributed by atoms with E-state index >= 15 is 0 Å². The lowest BCUT2D eigenvalue weighted by Gasteiger charge is -2.43. The number of benzene rings is 2. The topological polar surface area (TPSA) is 206 Å². The zero-order valence-electron chi connectivity index (χ0n) is 26.1. The summed E-state index contributed by atoms with van der Waals surface area (Å²) in [5.41, 5.74) is 1.26. The lowest BCUT2D eigenvalue weighted by molar-refractivity contribution is -0.141. The Morgan fingerprint density at radius 3 is 2.47 bits per heavy atom. The second-order valence-corrected chi connectivity index (χ2v) is 16.7. The van der Waals surface area contributed by atoms with Crippen molar-refractivity contribution < 1.29 is 37.4 Å². The number of primary sulfonamides is 1. The quantitative estimate of drug-likeness (QED) is 0.158. The highest BCUT2D eigenvalue weighted by Gasteiger charge is 2.69. The number of ether oxygens (including phenoxy) is 1. The van der Waals surface area contributed by atoms with Crippen LogP contribution in [0.25, 0.3) is 0 Å². The van der Waals surface area contributed by atoms with E-state index in [4.69, 9.17) is 15.0 Å². The van der Waals surface area contributed by atoms with Crippen molar-refractivity contribution in [3.05, 3.63) is 68.6 Å². The maximum Gasteiger partial charge on any atom is 0.305 e. The number of carbonyl (C=O) groups is 4. The predicted molar refractivity (Wildman–Crippen MR) is 180 cm³/mol. The van der Waals surface area contributed by atoms with Gasteiger partial charge >= 0.3 is 10.8 Å². The summed E-state index contributed by atoms with van der Waals surface area (Å²) in [6.07, 6.45) is 2.50. The number of unbranched alkanes of at least 4 members (excludes halogenated alkanes) is 2. The number of carboxylic acids is 1. The number of nitrogens with two attached hydrogens (primary N) is 1. The Balaban J connectivity index is 1.08. The standard InChI is InChI=1S/C33H34N4O9S3/c34-49(44,45)19-10-8-17(9-11-19)35-22(38)15-46-18-6-4-5-16(13-18)24-25-20-14-21(28(25)47-30-29(24)48-33(43)36-30)27-26(20)31(41)37(32(27)42)12-3-1-2-7-23(39)40/h4-6,8-11,13,20-21,24-28H,1-3,7,12,14-15H2,(H,35,38)(H,36,43)(H,39,40)(H2,34,44,45)/t20?,21?,24-,25?,26?,27?,28?/m1/s1. The van der Waals surface area contributed by atoms with Crippen LogP contribution in [-0.4, -0.2) is 65.5 Å². The number of fused-ring (bicyclic) bond motifs is 9. The van der Waals surface area contributed by atoms with Gasteiger partial charge in [-0.1, -0.05) is 29.9 Å². The number of H-pyrrole nitrogens is 1. The van der Waals surface area contributed by atoms with E-state index in [0.29, 0.717) is 37.2 Å². The fraction of sp³-hybridized carbons (Fsp3) is 0.424. The van der Waals surface area contributed by atoms with Crippen molar-refractivity contribution in [3.63, 3.8) is 0 Å². The molecule has 2 aliphatic heterocycles. The summed E-state index contributed by atoms with van der Waals surface area (Å²) in [5.74, 6) is -2.23. The number of aliphatic carboxylic acids is 1. The predicted octanol–water partition coefficient (Wildman–Crippen LogP) is 3.22. The average molecular weight is 727 g/mol. The maximum atomic E-state index is 13.8. The molecule has 1 aromatic heterocycles. The molecule has 3 aromatic rings. The first-order valence-corrected chi connectivity index (χ1v) is 19.3. The first-order valence-electron chi connectivity index (χ1n) is 16.0. The number of thioether (sulfide) groups is 1. The number of thiazole rings is 1. The number of nitrogens with zero attached hydrogens (tertiary/aromatic N) is 1. The summed E-state index contributed by atoms with van der Waals surface area (Å²) in [5, 5.41) is 17.5. The molecule has 0 spiro atoms. The Morgan fingerprint density at radius 1 is 1.02 bits per heavy atom. The Bertz CT molecular complexity index is 1990. The lowest BCUT2D eigenvalue weighted by atomic mass is 9.68. The number of sulfonamides is 1. The number of aromatic nitrogens is 1. The third kappa shape index (κ3) is 6.30. The minimum atomic E-state index is -3.86. The number of hydrogen-bond donors (Lipinski definition) is 4. The van der Waals surface area contributed by atoms with Crippen LogP contribution in [0.3, 0.4) is 0 Å². The number of carbonyl (C=O) groups excluding carboxylic acids is 3. The highest BCUT2D eigenvalue weighted by molar-refractivity contribution is 8.00. The summed E-state index contributed by atoms with van der Waals surface area (Å²) < 4.78 is 28.9. The minimum Gasteiger partial charge on any atom is -0.484 e. The van der Waals surface area contributed by atoms with Gasteiger partial charge < -0.3 is 20.1 Å². The maximum absolute atomic E-state index is 13.8. The van der Waals surface area contributed by atoms with E-state index in [-0.39, 0.29) is 69.4 Å². The summed E-state index contributed by atoms with van der Waals surface area (Å²) in [7, 11) is -3.86. The Labute approximate surface area is 289 Å². The number of rotatable bonds is 12. The van der Waals surface area contributed by atoms with E-state index in [1.165, 1.54) is 29.2 Å². The van der Waals surface area contributed by atoms with E-state index in [2.05, 4.69) is 10.3 Å². The smallest absolute Gasteiger partial charge is 0.305 e.